The number of halogens is 2. The zero-order chi connectivity index (χ0) is 18.8. The molecule has 0 saturated carbocycles. The van der Waals surface area contributed by atoms with Gasteiger partial charge in [-0.2, -0.15) is 0 Å². The largest absolute Gasteiger partial charge is 0.350 e. The fourth-order valence-corrected chi connectivity index (χ4v) is 3.71. The van der Waals surface area contributed by atoms with Crippen molar-refractivity contribution in [3.63, 3.8) is 0 Å². The molecule has 1 N–H and O–H groups in total. The molecule has 0 saturated heterocycles. The Morgan fingerprint density at radius 2 is 1.81 bits per heavy atom. The summed E-state index contributed by atoms with van der Waals surface area (Å²) < 4.78 is 2.11. The average molecular weight is 390 g/mol. The molecular weight excluding hydrogens is 369 g/mol. The Morgan fingerprint density at radius 1 is 1.15 bits per heavy atom. The molecule has 1 aromatic heterocycles. The average Bonchev–Trinajstić information content (AvgIpc) is 2.91. The molecule has 1 amide bonds. The van der Waals surface area contributed by atoms with Crippen LogP contribution in [0.2, 0.25) is 10.0 Å². The highest BCUT2D eigenvalue weighted by Crippen LogP contribution is 2.28. The maximum absolute atomic E-state index is 12.5. The maximum Gasteiger partial charge on any atom is 0.251 e. The van der Waals surface area contributed by atoms with Gasteiger partial charge in [0.2, 0.25) is 0 Å². The maximum atomic E-state index is 12.5. The van der Waals surface area contributed by atoms with Gasteiger partial charge in [-0.25, -0.2) is 0 Å². The Morgan fingerprint density at radius 3 is 2.46 bits per heavy atom. The Hall–Kier alpha value is -2.01. The smallest absolute Gasteiger partial charge is 0.251 e. The zero-order valence-electron chi connectivity index (χ0n) is 15.0. The number of fused-ring (bicyclic) bond motifs is 1. The number of carbonyl (C=O) groups is 1. The number of nitrogens with zero attached hydrogens (tertiary/aromatic N) is 2. The van der Waals surface area contributed by atoms with Crippen LogP contribution in [0.1, 0.15) is 22.0 Å². The third kappa shape index (κ3) is 3.88. The Balaban J connectivity index is 1.84. The van der Waals surface area contributed by atoms with Crippen LogP contribution in [0.4, 0.5) is 0 Å². The molecule has 1 atom stereocenters. The number of amides is 1. The van der Waals surface area contributed by atoms with E-state index in [1.807, 2.05) is 33.3 Å². The molecule has 1 unspecified atom stereocenters. The summed E-state index contributed by atoms with van der Waals surface area (Å²) in [6, 6.07) is 13.2. The van der Waals surface area contributed by atoms with Crippen LogP contribution in [0, 0.1) is 0 Å². The van der Waals surface area contributed by atoms with Gasteiger partial charge in [0.05, 0.1) is 6.04 Å². The molecule has 3 aromatic rings. The van der Waals surface area contributed by atoms with Gasteiger partial charge in [0.1, 0.15) is 0 Å². The number of para-hydroxylation sites is 1. The lowest BCUT2D eigenvalue weighted by Crippen LogP contribution is -2.34. The van der Waals surface area contributed by atoms with Crippen molar-refractivity contribution in [3.8, 4) is 0 Å². The van der Waals surface area contributed by atoms with Crippen molar-refractivity contribution in [1.82, 2.24) is 14.8 Å². The van der Waals surface area contributed by atoms with E-state index in [0.29, 0.717) is 22.2 Å². The first kappa shape index (κ1) is 18.8. The highest BCUT2D eigenvalue weighted by molar-refractivity contribution is 6.35. The van der Waals surface area contributed by atoms with E-state index in [1.165, 1.54) is 16.5 Å². The van der Waals surface area contributed by atoms with E-state index in [2.05, 4.69) is 33.1 Å². The minimum Gasteiger partial charge on any atom is -0.350 e. The lowest BCUT2D eigenvalue weighted by Gasteiger charge is -2.24. The van der Waals surface area contributed by atoms with Crippen LogP contribution in [0.15, 0.2) is 48.7 Å². The molecule has 2 aromatic carbocycles. The molecule has 0 bridgehead atoms. The third-order valence-corrected chi connectivity index (χ3v) is 4.93. The SMILES string of the molecule is CN(C)C(CNC(=O)c1cc(Cl)cc(Cl)c1)c1cn(C)c2ccccc12. The number of likely N-dealkylation sites (N-methyl/N-ethyl adjacent to an activating group) is 1. The number of nitrogens with one attached hydrogen (secondary N) is 1. The van der Waals surface area contributed by atoms with Crippen LogP contribution in [-0.2, 0) is 7.05 Å². The first-order chi connectivity index (χ1) is 12.4. The van der Waals surface area contributed by atoms with E-state index in [9.17, 15) is 4.79 Å². The fourth-order valence-electron chi connectivity index (χ4n) is 3.19. The van der Waals surface area contributed by atoms with Gasteiger partial charge in [0.15, 0.2) is 0 Å². The minimum atomic E-state index is -0.193. The van der Waals surface area contributed by atoms with Crippen LogP contribution < -0.4 is 5.32 Å². The molecule has 0 aliphatic heterocycles. The number of hydrogen-bond donors (Lipinski definition) is 1. The standard InChI is InChI=1S/C20H21Cl2N3O/c1-24(2)19(17-12-25(3)18-7-5-4-6-16(17)18)11-23-20(26)13-8-14(21)10-15(22)9-13/h4-10,12,19H,11H2,1-3H3,(H,23,26). The van der Waals surface area contributed by atoms with Crippen LogP contribution in [0.3, 0.4) is 0 Å². The molecular formula is C20H21Cl2N3O. The Bertz CT molecular complexity index is 929. The lowest BCUT2D eigenvalue weighted by atomic mass is 10.0. The summed E-state index contributed by atoms with van der Waals surface area (Å²) in [5.74, 6) is -0.193. The molecule has 0 aliphatic carbocycles. The van der Waals surface area contributed by atoms with Gasteiger partial charge in [-0.15, -0.1) is 0 Å². The van der Waals surface area contributed by atoms with Gasteiger partial charge in [0.25, 0.3) is 5.91 Å². The Labute approximate surface area is 163 Å². The van der Waals surface area contributed by atoms with Crippen molar-refractivity contribution in [1.29, 1.82) is 0 Å². The predicted molar refractivity (Wildman–Crippen MR) is 108 cm³/mol. The molecule has 0 fully saturated rings. The highest BCUT2D eigenvalue weighted by atomic mass is 35.5. The summed E-state index contributed by atoms with van der Waals surface area (Å²) in [4.78, 5) is 14.6. The van der Waals surface area contributed by atoms with E-state index >= 15 is 0 Å². The van der Waals surface area contributed by atoms with Crippen LogP contribution in [0.25, 0.3) is 10.9 Å². The topological polar surface area (TPSA) is 37.3 Å². The van der Waals surface area contributed by atoms with E-state index in [-0.39, 0.29) is 11.9 Å². The molecule has 4 nitrogen and oxygen atoms in total. The molecule has 26 heavy (non-hydrogen) atoms. The van der Waals surface area contributed by atoms with Crippen molar-refractivity contribution in [2.24, 2.45) is 7.05 Å². The molecule has 0 spiro atoms. The van der Waals surface area contributed by atoms with Crippen LogP contribution in [-0.4, -0.2) is 36.0 Å². The summed E-state index contributed by atoms with van der Waals surface area (Å²) in [6.45, 7) is 0.476. The summed E-state index contributed by atoms with van der Waals surface area (Å²) in [7, 11) is 6.05. The lowest BCUT2D eigenvalue weighted by molar-refractivity contribution is 0.0942. The number of hydrogen-bond acceptors (Lipinski definition) is 2. The number of aromatic nitrogens is 1. The molecule has 6 heteroatoms. The van der Waals surface area contributed by atoms with Crippen molar-refractivity contribution >= 4 is 40.0 Å². The van der Waals surface area contributed by atoms with Gasteiger partial charge in [-0.05, 0) is 43.9 Å². The quantitative estimate of drug-likeness (QED) is 0.696. The van der Waals surface area contributed by atoms with E-state index < -0.39 is 0 Å². The monoisotopic (exact) mass is 389 g/mol. The third-order valence-electron chi connectivity index (χ3n) is 4.49. The number of rotatable bonds is 5. The summed E-state index contributed by atoms with van der Waals surface area (Å²) >= 11 is 12.0. The number of carbonyl (C=O) groups excluding carboxylic acids is 1. The van der Waals surface area contributed by atoms with Crippen LogP contribution >= 0.6 is 23.2 Å². The molecule has 0 aliphatic rings. The van der Waals surface area contributed by atoms with Crippen molar-refractivity contribution in [3.05, 3.63) is 69.8 Å². The van der Waals surface area contributed by atoms with E-state index in [0.717, 1.165) is 0 Å². The van der Waals surface area contributed by atoms with E-state index in [4.69, 9.17) is 23.2 Å². The summed E-state index contributed by atoms with van der Waals surface area (Å²) in [5, 5.41) is 5.08. The second kappa shape index (κ2) is 7.70. The second-order valence-electron chi connectivity index (χ2n) is 6.56. The number of benzene rings is 2. The summed E-state index contributed by atoms with van der Waals surface area (Å²) in [6.07, 6.45) is 2.12. The minimum absolute atomic E-state index is 0.0414. The Kier molecular flexibility index (Phi) is 5.56. The zero-order valence-corrected chi connectivity index (χ0v) is 16.5. The molecule has 0 radical (unpaired) electrons. The highest BCUT2D eigenvalue weighted by Gasteiger charge is 2.20. The van der Waals surface area contributed by atoms with Gasteiger partial charge in [-0.3, -0.25) is 4.79 Å². The first-order valence-electron chi connectivity index (χ1n) is 8.31. The number of aryl methyl sites for hydroxylation is 1. The van der Waals surface area contributed by atoms with Crippen molar-refractivity contribution < 1.29 is 4.79 Å². The fraction of sp³-hybridized carbons (Fsp3) is 0.250. The van der Waals surface area contributed by atoms with Crippen molar-refractivity contribution in [2.75, 3.05) is 20.6 Å². The van der Waals surface area contributed by atoms with E-state index in [1.54, 1.807) is 18.2 Å². The first-order valence-corrected chi connectivity index (χ1v) is 9.07. The molecule has 3 rings (SSSR count). The summed E-state index contributed by atoms with van der Waals surface area (Å²) in [5.41, 5.74) is 2.80. The second-order valence-corrected chi connectivity index (χ2v) is 7.43. The van der Waals surface area contributed by atoms with Crippen molar-refractivity contribution in [2.45, 2.75) is 6.04 Å². The van der Waals surface area contributed by atoms with Gasteiger partial charge < -0.3 is 14.8 Å². The van der Waals surface area contributed by atoms with Gasteiger partial charge >= 0.3 is 0 Å². The molecule has 136 valence electrons. The predicted octanol–water partition coefficient (Wildman–Crippen LogP) is 4.52. The normalized spacial score (nSPS) is 12.5. The van der Waals surface area contributed by atoms with Crippen LogP contribution in [0.5, 0.6) is 0 Å². The van der Waals surface area contributed by atoms with Gasteiger partial charge in [0, 0.05) is 46.3 Å². The van der Waals surface area contributed by atoms with Gasteiger partial charge in [-0.1, -0.05) is 41.4 Å². The molecule has 1 heterocycles.